The van der Waals surface area contributed by atoms with Gasteiger partial charge in [0.1, 0.15) is 5.82 Å². The van der Waals surface area contributed by atoms with Gasteiger partial charge in [-0.2, -0.15) is 0 Å². The van der Waals surface area contributed by atoms with Gasteiger partial charge in [0.15, 0.2) is 5.78 Å². The number of aromatic amines is 1. The number of amides is 1. The first-order valence-corrected chi connectivity index (χ1v) is 9.54. The average Bonchev–Trinajstić information content (AvgIpc) is 3.01. The quantitative estimate of drug-likeness (QED) is 0.584. The average molecular weight is 382 g/mol. The molecule has 1 aliphatic carbocycles. The number of carbonyl (C=O) groups is 2. The van der Waals surface area contributed by atoms with Crippen LogP contribution in [0.15, 0.2) is 42.5 Å². The van der Waals surface area contributed by atoms with Crippen LogP contribution in [0.4, 0.5) is 5.69 Å². The summed E-state index contributed by atoms with van der Waals surface area (Å²) in [7, 11) is 0. The number of nitrogens with zero attached hydrogens (tertiary/aromatic N) is 1. The van der Waals surface area contributed by atoms with Crippen LogP contribution in [-0.4, -0.2) is 21.7 Å². The van der Waals surface area contributed by atoms with Crippen molar-refractivity contribution in [3.63, 3.8) is 0 Å². The summed E-state index contributed by atoms with van der Waals surface area (Å²) >= 11 is 5.82. The van der Waals surface area contributed by atoms with Crippen molar-refractivity contribution < 1.29 is 9.59 Å². The van der Waals surface area contributed by atoms with Gasteiger partial charge in [0, 0.05) is 35.0 Å². The van der Waals surface area contributed by atoms with Gasteiger partial charge in [-0.25, -0.2) is 4.98 Å². The third-order valence-corrected chi connectivity index (χ3v) is 5.27. The molecule has 5 nitrogen and oxygen atoms in total. The zero-order chi connectivity index (χ0) is 18.8. The van der Waals surface area contributed by atoms with E-state index >= 15 is 0 Å². The number of halogens is 1. The number of benzene rings is 2. The zero-order valence-electron chi connectivity index (χ0n) is 14.8. The molecule has 27 heavy (non-hydrogen) atoms. The smallest absolute Gasteiger partial charge is 0.224 e. The molecule has 0 aliphatic heterocycles. The van der Waals surface area contributed by atoms with Gasteiger partial charge < -0.3 is 10.3 Å². The molecule has 3 aromatic rings. The third-order valence-electron chi connectivity index (χ3n) is 5.02. The molecule has 1 aliphatic rings. The van der Waals surface area contributed by atoms with Gasteiger partial charge in [0.25, 0.3) is 0 Å². The molecule has 1 saturated carbocycles. The highest BCUT2D eigenvalue weighted by molar-refractivity contribution is 6.30. The van der Waals surface area contributed by atoms with Crippen LogP contribution in [0.1, 0.15) is 54.2 Å². The minimum absolute atomic E-state index is 0.0732. The van der Waals surface area contributed by atoms with Crippen LogP contribution in [0, 0.1) is 0 Å². The van der Waals surface area contributed by atoms with E-state index in [1.165, 1.54) is 19.3 Å². The molecule has 1 amide bonds. The fraction of sp³-hybridized carbons (Fsp3) is 0.286. The Bertz CT molecular complexity index is 990. The fourth-order valence-electron chi connectivity index (χ4n) is 3.21. The standard InChI is InChI=1S/C21H20ClN3O2/c22-15-6-4-13(5-7-15)19(26)10-11-20(27)23-16-8-9-17-18(12-16)25-21(24-17)14-2-1-3-14/h4-9,12,14H,1-3,10-11H2,(H,23,27)(H,24,25). The van der Waals surface area contributed by atoms with E-state index in [0.29, 0.717) is 22.2 Å². The van der Waals surface area contributed by atoms with Crippen molar-refractivity contribution in [3.05, 3.63) is 58.9 Å². The number of nitrogens with one attached hydrogen (secondary N) is 2. The van der Waals surface area contributed by atoms with Gasteiger partial charge in [0.05, 0.1) is 11.0 Å². The van der Waals surface area contributed by atoms with Gasteiger partial charge in [-0.1, -0.05) is 18.0 Å². The van der Waals surface area contributed by atoms with E-state index in [9.17, 15) is 9.59 Å². The molecular weight excluding hydrogens is 362 g/mol. The SMILES string of the molecule is O=C(CCC(=O)c1ccc(Cl)cc1)Nc1ccc2nc(C3CCC3)[nH]c2c1. The molecule has 0 unspecified atom stereocenters. The van der Waals surface area contributed by atoms with Crippen molar-refractivity contribution >= 4 is 40.0 Å². The number of carbonyl (C=O) groups excluding carboxylic acids is 2. The van der Waals surface area contributed by atoms with Crippen LogP contribution in [0.5, 0.6) is 0 Å². The maximum Gasteiger partial charge on any atom is 0.224 e. The molecule has 0 radical (unpaired) electrons. The second-order valence-electron chi connectivity index (χ2n) is 6.96. The topological polar surface area (TPSA) is 74.8 Å². The van der Waals surface area contributed by atoms with Crippen molar-refractivity contribution in [2.45, 2.75) is 38.0 Å². The summed E-state index contributed by atoms with van der Waals surface area (Å²) in [5.74, 6) is 1.31. The minimum atomic E-state index is -0.185. The van der Waals surface area contributed by atoms with E-state index in [0.717, 1.165) is 16.9 Å². The number of rotatable bonds is 6. The molecule has 138 valence electrons. The first-order valence-electron chi connectivity index (χ1n) is 9.17. The van der Waals surface area contributed by atoms with Crippen LogP contribution < -0.4 is 5.32 Å². The summed E-state index contributed by atoms with van der Waals surface area (Å²) in [6.07, 6.45) is 3.93. The Kier molecular flexibility index (Phi) is 4.94. The molecule has 0 bridgehead atoms. The first kappa shape index (κ1) is 17.7. The molecular formula is C21H20ClN3O2. The third kappa shape index (κ3) is 4.03. The van der Waals surface area contributed by atoms with Crippen molar-refractivity contribution in [1.82, 2.24) is 9.97 Å². The molecule has 0 spiro atoms. The summed E-state index contributed by atoms with van der Waals surface area (Å²) in [5.41, 5.74) is 3.10. The molecule has 1 aromatic heterocycles. The molecule has 4 rings (SSSR count). The number of hydrogen-bond acceptors (Lipinski definition) is 3. The Morgan fingerprint density at radius 1 is 1.11 bits per heavy atom. The van der Waals surface area contributed by atoms with Gasteiger partial charge in [-0.15, -0.1) is 0 Å². The van der Waals surface area contributed by atoms with Gasteiger partial charge in [-0.05, 0) is 55.3 Å². The highest BCUT2D eigenvalue weighted by Gasteiger charge is 2.22. The van der Waals surface area contributed by atoms with Crippen molar-refractivity contribution in [2.24, 2.45) is 0 Å². The fourth-order valence-corrected chi connectivity index (χ4v) is 3.34. The van der Waals surface area contributed by atoms with Crippen molar-refractivity contribution in [3.8, 4) is 0 Å². The van der Waals surface area contributed by atoms with Crippen LogP contribution in [0.25, 0.3) is 11.0 Å². The molecule has 1 heterocycles. The van der Waals surface area contributed by atoms with E-state index in [1.54, 1.807) is 24.3 Å². The van der Waals surface area contributed by atoms with Crippen LogP contribution in [0.2, 0.25) is 5.02 Å². The second-order valence-corrected chi connectivity index (χ2v) is 7.40. The Morgan fingerprint density at radius 2 is 1.89 bits per heavy atom. The Labute approximate surface area is 162 Å². The highest BCUT2D eigenvalue weighted by atomic mass is 35.5. The number of imidazole rings is 1. The summed E-state index contributed by atoms with van der Waals surface area (Å²) < 4.78 is 0. The normalized spacial score (nSPS) is 14.1. The Balaban J connectivity index is 1.35. The summed E-state index contributed by atoms with van der Waals surface area (Å²) in [6.45, 7) is 0. The molecule has 2 aromatic carbocycles. The first-order chi connectivity index (χ1) is 13.1. The highest BCUT2D eigenvalue weighted by Crippen LogP contribution is 2.35. The van der Waals surface area contributed by atoms with Crippen LogP contribution in [0.3, 0.4) is 0 Å². The van der Waals surface area contributed by atoms with Gasteiger partial charge in [-0.3, -0.25) is 9.59 Å². The number of aromatic nitrogens is 2. The number of ketones is 1. The molecule has 0 saturated heterocycles. The van der Waals surface area contributed by atoms with E-state index in [-0.39, 0.29) is 24.5 Å². The lowest BCUT2D eigenvalue weighted by molar-refractivity contribution is -0.116. The summed E-state index contributed by atoms with van der Waals surface area (Å²) in [6, 6.07) is 12.3. The largest absolute Gasteiger partial charge is 0.342 e. The van der Waals surface area contributed by atoms with Crippen molar-refractivity contribution in [2.75, 3.05) is 5.32 Å². The maximum absolute atomic E-state index is 12.2. The monoisotopic (exact) mass is 381 g/mol. The lowest BCUT2D eigenvalue weighted by Gasteiger charge is -2.22. The Hall–Kier alpha value is -2.66. The van der Waals surface area contributed by atoms with Gasteiger partial charge in [0.2, 0.25) is 5.91 Å². The molecule has 2 N–H and O–H groups in total. The van der Waals surface area contributed by atoms with E-state index < -0.39 is 0 Å². The zero-order valence-corrected chi connectivity index (χ0v) is 15.6. The summed E-state index contributed by atoms with van der Waals surface area (Å²) in [4.78, 5) is 32.3. The number of hydrogen-bond donors (Lipinski definition) is 2. The van der Waals surface area contributed by atoms with E-state index in [4.69, 9.17) is 11.6 Å². The van der Waals surface area contributed by atoms with E-state index in [1.807, 2.05) is 18.2 Å². The molecule has 1 fully saturated rings. The number of anilines is 1. The number of fused-ring (bicyclic) bond motifs is 1. The molecule has 0 atom stereocenters. The van der Waals surface area contributed by atoms with Crippen LogP contribution in [-0.2, 0) is 4.79 Å². The lowest BCUT2D eigenvalue weighted by atomic mass is 9.85. The summed E-state index contributed by atoms with van der Waals surface area (Å²) in [5, 5.41) is 3.44. The van der Waals surface area contributed by atoms with Crippen molar-refractivity contribution in [1.29, 1.82) is 0 Å². The number of H-pyrrole nitrogens is 1. The number of Topliss-reactive ketones (excluding diaryl/α,β-unsaturated/α-hetero) is 1. The van der Waals surface area contributed by atoms with E-state index in [2.05, 4.69) is 15.3 Å². The predicted octanol–water partition coefficient (Wildman–Crippen LogP) is 5.09. The maximum atomic E-state index is 12.2. The predicted molar refractivity (Wildman–Crippen MR) is 106 cm³/mol. The Morgan fingerprint density at radius 3 is 2.59 bits per heavy atom. The second kappa shape index (κ2) is 7.53. The molecule has 6 heteroatoms. The van der Waals surface area contributed by atoms with Crippen LogP contribution >= 0.6 is 11.6 Å². The van der Waals surface area contributed by atoms with Gasteiger partial charge >= 0.3 is 0 Å². The lowest BCUT2D eigenvalue weighted by Crippen LogP contribution is -2.13. The minimum Gasteiger partial charge on any atom is -0.342 e.